The first kappa shape index (κ1) is 19.0. The second-order valence-electron chi connectivity index (χ2n) is 6.79. The van der Waals surface area contributed by atoms with Crippen LogP contribution in [0.25, 0.3) is 11.8 Å². The second-order valence-corrected chi connectivity index (χ2v) is 7.22. The molecule has 0 bridgehead atoms. The molecule has 0 saturated carbocycles. The molecule has 0 unspecified atom stereocenters. The van der Waals surface area contributed by atoms with E-state index in [1.54, 1.807) is 7.11 Å². The van der Waals surface area contributed by atoms with Crippen LogP contribution in [-0.4, -0.2) is 17.9 Å². The lowest BCUT2D eigenvalue weighted by Gasteiger charge is -2.21. The highest BCUT2D eigenvalue weighted by atomic mass is 35.5. The SMILES string of the molecule is COc1ccc(C2=C/C(=C/c3ccc(Cl)cc3)C(=O)N2Cc2ccccc2)cc1. The van der Waals surface area contributed by atoms with Gasteiger partial charge in [-0.15, -0.1) is 0 Å². The van der Waals surface area contributed by atoms with Gasteiger partial charge in [0.15, 0.2) is 0 Å². The normalized spacial score (nSPS) is 15.0. The summed E-state index contributed by atoms with van der Waals surface area (Å²) in [6, 6.07) is 25.2. The van der Waals surface area contributed by atoms with Crippen molar-refractivity contribution in [1.29, 1.82) is 0 Å². The topological polar surface area (TPSA) is 29.5 Å². The molecular weight excluding hydrogens is 382 g/mol. The molecule has 4 rings (SSSR count). The standard InChI is InChI=1S/C25H20ClNO2/c1-29-23-13-9-20(10-14-23)24-16-21(15-18-7-11-22(26)12-8-18)25(28)27(24)17-19-5-3-2-4-6-19/h2-16H,17H2,1H3/b21-15-. The summed E-state index contributed by atoms with van der Waals surface area (Å²) in [5.41, 5.74) is 4.50. The Kier molecular flexibility index (Phi) is 5.50. The van der Waals surface area contributed by atoms with E-state index in [0.29, 0.717) is 17.1 Å². The molecule has 1 heterocycles. The smallest absolute Gasteiger partial charge is 0.258 e. The van der Waals surface area contributed by atoms with Crippen LogP contribution in [0, 0.1) is 0 Å². The summed E-state index contributed by atoms with van der Waals surface area (Å²) in [7, 11) is 1.64. The Morgan fingerprint density at radius 2 is 1.62 bits per heavy atom. The fraction of sp³-hybridized carbons (Fsp3) is 0.0800. The third-order valence-electron chi connectivity index (χ3n) is 4.84. The molecule has 1 aliphatic heterocycles. The molecule has 0 fully saturated rings. The molecule has 29 heavy (non-hydrogen) atoms. The fourth-order valence-electron chi connectivity index (χ4n) is 3.32. The highest BCUT2D eigenvalue weighted by Crippen LogP contribution is 2.33. The lowest BCUT2D eigenvalue weighted by atomic mass is 10.1. The zero-order chi connectivity index (χ0) is 20.2. The number of halogens is 1. The summed E-state index contributed by atoms with van der Waals surface area (Å²) in [4.78, 5) is 15.1. The number of ether oxygens (including phenoxy) is 1. The van der Waals surface area contributed by atoms with Crippen molar-refractivity contribution in [1.82, 2.24) is 4.90 Å². The van der Waals surface area contributed by atoms with E-state index in [9.17, 15) is 4.79 Å². The van der Waals surface area contributed by atoms with Gasteiger partial charge in [-0.1, -0.05) is 54.1 Å². The van der Waals surface area contributed by atoms with Crippen molar-refractivity contribution in [2.75, 3.05) is 7.11 Å². The molecule has 1 amide bonds. The number of benzene rings is 3. The maximum absolute atomic E-state index is 13.2. The molecular formula is C25H20ClNO2. The van der Waals surface area contributed by atoms with Crippen LogP contribution in [-0.2, 0) is 11.3 Å². The monoisotopic (exact) mass is 401 g/mol. The maximum atomic E-state index is 13.2. The number of nitrogens with zero attached hydrogens (tertiary/aromatic N) is 1. The number of methoxy groups -OCH3 is 1. The third-order valence-corrected chi connectivity index (χ3v) is 5.09. The van der Waals surface area contributed by atoms with Crippen molar-refractivity contribution in [3.8, 4) is 5.75 Å². The summed E-state index contributed by atoms with van der Waals surface area (Å²) >= 11 is 5.98. The third kappa shape index (κ3) is 4.25. The molecule has 3 nitrogen and oxygen atoms in total. The molecule has 0 aromatic heterocycles. The van der Waals surface area contributed by atoms with Gasteiger partial charge in [-0.2, -0.15) is 0 Å². The molecule has 3 aromatic rings. The van der Waals surface area contributed by atoms with Crippen molar-refractivity contribution >= 4 is 29.3 Å². The lowest BCUT2D eigenvalue weighted by Crippen LogP contribution is -2.25. The minimum atomic E-state index is -0.0189. The molecule has 0 N–H and O–H groups in total. The van der Waals surface area contributed by atoms with Gasteiger partial charge in [-0.3, -0.25) is 4.79 Å². The van der Waals surface area contributed by atoms with Gasteiger partial charge < -0.3 is 9.64 Å². The van der Waals surface area contributed by atoms with Crippen LogP contribution < -0.4 is 4.74 Å². The number of hydrogen-bond acceptors (Lipinski definition) is 2. The van der Waals surface area contributed by atoms with Crippen LogP contribution in [0.4, 0.5) is 0 Å². The molecule has 0 aliphatic carbocycles. The number of carbonyl (C=O) groups is 1. The van der Waals surface area contributed by atoms with Gasteiger partial charge in [0.05, 0.1) is 19.4 Å². The van der Waals surface area contributed by atoms with E-state index >= 15 is 0 Å². The lowest BCUT2D eigenvalue weighted by molar-refractivity contribution is -0.123. The van der Waals surface area contributed by atoms with E-state index in [1.807, 2.05) is 95.9 Å². The summed E-state index contributed by atoms with van der Waals surface area (Å²) in [5, 5.41) is 0.671. The predicted octanol–water partition coefficient (Wildman–Crippen LogP) is 5.82. The van der Waals surface area contributed by atoms with E-state index in [4.69, 9.17) is 16.3 Å². The van der Waals surface area contributed by atoms with Crippen LogP contribution in [0.5, 0.6) is 5.75 Å². The largest absolute Gasteiger partial charge is 0.497 e. The Morgan fingerprint density at radius 3 is 2.28 bits per heavy atom. The van der Waals surface area contributed by atoms with Gasteiger partial charge >= 0.3 is 0 Å². The molecule has 4 heteroatoms. The first-order valence-corrected chi connectivity index (χ1v) is 9.71. The zero-order valence-corrected chi connectivity index (χ0v) is 16.8. The fourth-order valence-corrected chi connectivity index (χ4v) is 3.44. The van der Waals surface area contributed by atoms with E-state index in [2.05, 4.69) is 0 Å². The second kappa shape index (κ2) is 8.38. The van der Waals surface area contributed by atoms with Crippen molar-refractivity contribution in [2.24, 2.45) is 0 Å². The first-order chi connectivity index (χ1) is 14.1. The molecule has 0 radical (unpaired) electrons. The molecule has 0 atom stereocenters. The Hall–Kier alpha value is -3.30. The quantitative estimate of drug-likeness (QED) is 0.504. The predicted molar refractivity (Wildman–Crippen MR) is 117 cm³/mol. The van der Waals surface area contributed by atoms with Crippen molar-refractivity contribution < 1.29 is 9.53 Å². The zero-order valence-electron chi connectivity index (χ0n) is 16.0. The van der Waals surface area contributed by atoms with Crippen LogP contribution in [0.1, 0.15) is 16.7 Å². The minimum Gasteiger partial charge on any atom is -0.497 e. The Balaban J connectivity index is 1.72. The molecule has 144 valence electrons. The van der Waals surface area contributed by atoms with Gasteiger partial charge in [0.25, 0.3) is 5.91 Å². The Labute approximate surface area is 175 Å². The van der Waals surface area contributed by atoms with Crippen LogP contribution in [0.3, 0.4) is 0 Å². The van der Waals surface area contributed by atoms with Crippen LogP contribution in [0.2, 0.25) is 5.02 Å². The van der Waals surface area contributed by atoms with Crippen molar-refractivity contribution in [2.45, 2.75) is 6.54 Å². The Bertz CT molecular complexity index is 1070. The van der Waals surface area contributed by atoms with Crippen LogP contribution >= 0.6 is 11.6 Å². The van der Waals surface area contributed by atoms with Crippen molar-refractivity contribution in [3.05, 3.63) is 112 Å². The van der Waals surface area contributed by atoms with E-state index in [-0.39, 0.29) is 5.91 Å². The van der Waals surface area contributed by atoms with E-state index in [0.717, 1.165) is 28.1 Å². The average molecular weight is 402 g/mol. The molecule has 1 aliphatic rings. The number of hydrogen-bond donors (Lipinski definition) is 0. The molecule has 0 spiro atoms. The number of carbonyl (C=O) groups excluding carboxylic acids is 1. The maximum Gasteiger partial charge on any atom is 0.258 e. The van der Waals surface area contributed by atoms with E-state index < -0.39 is 0 Å². The average Bonchev–Trinajstić information content (AvgIpc) is 3.06. The van der Waals surface area contributed by atoms with Gasteiger partial charge in [-0.25, -0.2) is 0 Å². The van der Waals surface area contributed by atoms with Gasteiger partial charge in [0, 0.05) is 10.6 Å². The van der Waals surface area contributed by atoms with Crippen LogP contribution in [0.15, 0.2) is 90.5 Å². The summed E-state index contributed by atoms with van der Waals surface area (Å²) in [6.45, 7) is 0.509. The summed E-state index contributed by atoms with van der Waals surface area (Å²) in [5.74, 6) is 0.764. The Morgan fingerprint density at radius 1 is 0.931 bits per heavy atom. The van der Waals surface area contributed by atoms with Gasteiger partial charge in [-0.05, 0) is 65.2 Å². The minimum absolute atomic E-state index is 0.0189. The summed E-state index contributed by atoms with van der Waals surface area (Å²) in [6.07, 6.45) is 3.84. The van der Waals surface area contributed by atoms with Crippen molar-refractivity contribution in [3.63, 3.8) is 0 Å². The number of amides is 1. The van der Waals surface area contributed by atoms with Gasteiger partial charge in [0.2, 0.25) is 0 Å². The molecule has 0 saturated heterocycles. The number of rotatable bonds is 5. The van der Waals surface area contributed by atoms with E-state index in [1.165, 1.54) is 0 Å². The summed E-state index contributed by atoms with van der Waals surface area (Å²) < 4.78 is 5.26. The highest BCUT2D eigenvalue weighted by molar-refractivity contribution is 6.30. The molecule has 3 aromatic carbocycles. The first-order valence-electron chi connectivity index (χ1n) is 9.33. The highest BCUT2D eigenvalue weighted by Gasteiger charge is 2.29. The van der Waals surface area contributed by atoms with Gasteiger partial charge in [0.1, 0.15) is 5.75 Å².